The molecule has 196 valence electrons. The van der Waals surface area contributed by atoms with Crippen LogP contribution < -0.4 is 4.90 Å². The Kier molecular flexibility index (Phi) is 5.92. The van der Waals surface area contributed by atoms with E-state index in [0.29, 0.717) is 51.4 Å². The molecule has 0 amide bonds. The molecule has 3 aliphatic rings. The van der Waals surface area contributed by atoms with Crippen LogP contribution in [0, 0.1) is 12.8 Å². The van der Waals surface area contributed by atoms with Gasteiger partial charge in [-0.1, -0.05) is 45.8 Å². The topological polar surface area (TPSA) is 88.7 Å². The Hall–Kier alpha value is -2.65. The predicted octanol–water partition coefficient (Wildman–Crippen LogP) is 7.33. The number of rotatable bonds is 7. The summed E-state index contributed by atoms with van der Waals surface area (Å²) in [4.78, 5) is 18.7. The van der Waals surface area contributed by atoms with Gasteiger partial charge >= 0.3 is 5.97 Å². The highest BCUT2D eigenvalue weighted by atomic mass is 35.5. The van der Waals surface area contributed by atoms with Crippen LogP contribution in [0.15, 0.2) is 34.9 Å². The minimum Gasteiger partial charge on any atom is -0.478 e. The quantitative estimate of drug-likeness (QED) is 0.249. The highest BCUT2D eigenvalue weighted by Crippen LogP contribution is 2.48. The molecule has 1 aliphatic heterocycles. The van der Waals surface area contributed by atoms with E-state index in [1.165, 1.54) is 0 Å². The largest absolute Gasteiger partial charge is 0.478 e. The van der Waals surface area contributed by atoms with Crippen LogP contribution in [0.25, 0.3) is 21.5 Å². The molecule has 7 rings (SSSR count). The standard InChI is InChI=1S/C28H25Cl2N3O4S/c1-13-7-15(27(34)35)9-22-24(13)31-28(38-22)33-11-16-8-17(33)10-21(16)36-12-18-25(32-37-26(18)14-5-6-14)23-19(29)3-2-4-20(23)30/h2-4,7,9,14,16-17,21H,5-6,8,10-12H2,1H3,(H,34,35)/t16-,17-,21+/m0/s1. The Labute approximate surface area is 233 Å². The molecule has 2 bridgehead atoms. The summed E-state index contributed by atoms with van der Waals surface area (Å²) >= 11 is 14.6. The van der Waals surface area contributed by atoms with E-state index in [-0.39, 0.29) is 6.10 Å². The molecular formula is C28H25Cl2N3O4S. The number of carboxylic acids is 1. The molecule has 2 saturated carbocycles. The van der Waals surface area contributed by atoms with Gasteiger partial charge in [0.1, 0.15) is 11.5 Å². The molecule has 3 fully saturated rings. The first-order chi connectivity index (χ1) is 18.4. The number of aromatic nitrogens is 2. The Balaban J connectivity index is 1.09. The van der Waals surface area contributed by atoms with Gasteiger partial charge in [-0.05, 0) is 62.4 Å². The molecule has 1 N–H and O–H groups in total. The number of aryl methyl sites for hydroxylation is 1. The highest BCUT2D eigenvalue weighted by molar-refractivity contribution is 7.22. The second kappa shape index (κ2) is 9.23. The second-order valence-corrected chi connectivity index (χ2v) is 12.4. The third-order valence-electron chi connectivity index (χ3n) is 8.05. The van der Waals surface area contributed by atoms with Crippen LogP contribution in [0.5, 0.6) is 0 Å². The van der Waals surface area contributed by atoms with Crippen molar-refractivity contribution in [2.45, 2.75) is 57.3 Å². The minimum absolute atomic E-state index is 0.141. The summed E-state index contributed by atoms with van der Waals surface area (Å²) in [5.74, 6) is 0.768. The van der Waals surface area contributed by atoms with Crippen molar-refractivity contribution in [2.24, 2.45) is 5.92 Å². The lowest BCUT2D eigenvalue weighted by Crippen LogP contribution is -2.38. The third kappa shape index (κ3) is 4.09. The Morgan fingerprint density at radius 2 is 2.03 bits per heavy atom. The van der Waals surface area contributed by atoms with Crippen LogP contribution in [-0.4, -0.2) is 39.9 Å². The van der Waals surface area contributed by atoms with Crippen molar-refractivity contribution in [2.75, 3.05) is 11.4 Å². The molecule has 4 aromatic rings. The number of aromatic carboxylic acids is 1. The van der Waals surface area contributed by atoms with Crippen molar-refractivity contribution in [3.63, 3.8) is 0 Å². The number of hydrogen-bond acceptors (Lipinski definition) is 7. The van der Waals surface area contributed by atoms with Gasteiger partial charge in [-0.3, -0.25) is 0 Å². The lowest BCUT2D eigenvalue weighted by molar-refractivity contribution is 0.0122. The fourth-order valence-electron chi connectivity index (χ4n) is 6.01. The van der Waals surface area contributed by atoms with Gasteiger partial charge in [0.25, 0.3) is 0 Å². The van der Waals surface area contributed by atoms with Gasteiger partial charge in [-0.25, -0.2) is 9.78 Å². The maximum atomic E-state index is 11.5. The number of nitrogens with zero attached hydrogens (tertiary/aromatic N) is 3. The smallest absolute Gasteiger partial charge is 0.335 e. The van der Waals surface area contributed by atoms with E-state index < -0.39 is 5.97 Å². The Morgan fingerprint density at radius 3 is 2.71 bits per heavy atom. The average Bonchev–Trinajstić information content (AvgIpc) is 3.22. The molecule has 3 heterocycles. The molecule has 2 aromatic heterocycles. The van der Waals surface area contributed by atoms with Gasteiger partial charge in [0.05, 0.1) is 38.5 Å². The SMILES string of the molecule is Cc1cc(C(=O)O)cc2sc(N3C[C@@H]4C[C@H]3C[C@H]4OCc3c(-c4c(Cl)cccc4Cl)noc3C3CC3)nc12. The first kappa shape index (κ1) is 24.4. The first-order valence-electron chi connectivity index (χ1n) is 12.8. The number of halogens is 2. The summed E-state index contributed by atoms with van der Waals surface area (Å²) in [6.07, 6.45) is 4.31. The van der Waals surface area contributed by atoms with Gasteiger partial charge in [-0.15, -0.1) is 0 Å². The molecular weight excluding hydrogens is 545 g/mol. The summed E-state index contributed by atoms with van der Waals surface area (Å²) in [6.45, 7) is 3.21. The molecule has 10 heteroatoms. The van der Waals surface area contributed by atoms with Gasteiger partial charge < -0.3 is 19.3 Å². The van der Waals surface area contributed by atoms with E-state index in [1.54, 1.807) is 23.5 Å². The van der Waals surface area contributed by atoms with Crippen LogP contribution in [0.1, 0.15) is 58.8 Å². The van der Waals surface area contributed by atoms with Gasteiger partial charge in [-0.2, -0.15) is 0 Å². The van der Waals surface area contributed by atoms with Gasteiger partial charge in [0, 0.05) is 35.5 Å². The molecule has 0 spiro atoms. The number of carboxylic acid groups (broad SMARTS) is 1. The van der Waals surface area contributed by atoms with Crippen LogP contribution in [0.2, 0.25) is 10.0 Å². The number of hydrogen-bond donors (Lipinski definition) is 1. The number of carbonyl (C=O) groups is 1. The summed E-state index contributed by atoms with van der Waals surface area (Å²) in [6, 6.07) is 9.23. The molecule has 0 unspecified atom stereocenters. The van der Waals surface area contributed by atoms with Crippen LogP contribution in [0.3, 0.4) is 0 Å². The summed E-state index contributed by atoms with van der Waals surface area (Å²) in [7, 11) is 0. The molecule has 3 atom stereocenters. The number of anilines is 1. The first-order valence-corrected chi connectivity index (χ1v) is 14.4. The highest BCUT2D eigenvalue weighted by Gasteiger charge is 2.46. The van der Waals surface area contributed by atoms with E-state index in [2.05, 4.69) is 10.1 Å². The average molecular weight is 570 g/mol. The Bertz CT molecular complexity index is 1560. The zero-order valence-corrected chi connectivity index (χ0v) is 22.9. The fraction of sp³-hybridized carbons (Fsp3) is 0.393. The zero-order chi connectivity index (χ0) is 26.1. The lowest BCUT2D eigenvalue weighted by atomic mass is 10.0. The monoisotopic (exact) mass is 569 g/mol. The second-order valence-electron chi connectivity index (χ2n) is 10.6. The van der Waals surface area contributed by atoms with Crippen molar-refractivity contribution in [3.05, 3.63) is 62.8 Å². The molecule has 2 aromatic carbocycles. The molecule has 7 nitrogen and oxygen atoms in total. The van der Waals surface area contributed by atoms with Crippen molar-refractivity contribution in [1.82, 2.24) is 10.1 Å². The van der Waals surface area contributed by atoms with Crippen molar-refractivity contribution in [3.8, 4) is 11.3 Å². The number of piperidine rings is 1. The van der Waals surface area contributed by atoms with Crippen molar-refractivity contribution >= 4 is 55.9 Å². The third-order valence-corrected chi connectivity index (χ3v) is 9.72. The van der Waals surface area contributed by atoms with E-state index in [4.69, 9.17) is 37.4 Å². The van der Waals surface area contributed by atoms with Crippen LogP contribution >= 0.6 is 34.5 Å². The lowest BCUT2D eigenvalue weighted by Gasteiger charge is -2.31. The summed E-state index contributed by atoms with van der Waals surface area (Å²) in [5, 5.41) is 15.9. The number of ether oxygens (including phenoxy) is 1. The maximum absolute atomic E-state index is 11.5. The predicted molar refractivity (Wildman–Crippen MR) is 148 cm³/mol. The van der Waals surface area contributed by atoms with E-state index in [1.807, 2.05) is 25.1 Å². The number of thiazole rings is 1. The van der Waals surface area contributed by atoms with E-state index in [0.717, 1.165) is 64.5 Å². The maximum Gasteiger partial charge on any atom is 0.335 e. The number of fused-ring (bicyclic) bond motifs is 3. The minimum atomic E-state index is -0.914. The van der Waals surface area contributed by atoms with Crippen molar-refractivity contribution < 1.29 is 19.2 Å². The molecule has 38 heavy (non-hydrogen) atoms. The van der Waals surface area contributed by atoms with Crippen LogP contribution in [-0.2, 0) is 11.3 Å². The molecule has 0 radical (unpaired) electrons. The molecule has 1 saturated heterocycles. The fourth-order valence-corrected chi connectivity index (χ4v) is 7.75. The molecule has 2 aliphatic carbocycles. The van der Waals surface area contributed by atoms with Gasteiger partial charge in [0.15, 0.2) is 5.13 Å². The van der Waals surface area contributed by atoms with E-state index in [9.17, 15) is 9.90 Å². The number of benzene rings is 2. The normalized spacial score (nSPS) is 22.6. The van der Waals surface area contributed by atoms with E-state index >= 15 is 0 Å². The summed E-state index contributed by atoms with van der Waals surface area (Å²) in [5.41, 5.74) is 4.41. The van der Waals surface area contributed by atoms with Crippen molar-refractivity contribution in [1.29, 1.82) is 0 Å². The Morgan fingerprint density at radius 1 is 1.24 bits per heavy atom. The van der Waals surface area contributed by atoms with Crippen LogP contribution in [0.4, 0.5) is 5.13 Å². The summed E-state index contributed by atoms with van der Waals surface area (Å²) < 4.78 is 13.3. The zero-order valence-electron chi connectivity index (χ0n) is 20.6. The van der Waals surface area contributed by atoms with Gasteiger partial charge in [0.2, 0.25) is 0 Å².